The lowest BCUT2D eigenvalue weighted by Crippen LogP contribution is -2.20. The van der Waals surface area contributed by atoms with E-state index in [1.54, 1.807) is 36.4 Å². The van der Waals surface area contributed by atoms with Gasteiger partial charge in [0, 0.05) is 0 Å². The highest BCUT2D eigenvalue weighted by Crippen LogP contribution is 2.20. The van der Waals surface area contributed by atoms with Crippen LogP contribution in [-0.2, 0) is 0 Å². The average Bonchev–Trinajstić information content (AvgIpc) is 2.53. The first-order chi connectivity index (χ1) is 7.24. The Labute approximate surface area is 87.1 Å². The maximum atomic E-state index is 11.5. The van der Waals surface area contributed by atoms with Crippen LogP contribution in [0.5, 0.6) is 0 Å². The number of fused-ring (bicyclic) bond motifs is 1. The minimum atomic E-state index is -0.334. The van der Waals surface area contributed by atoms with Gasteiger partial charge in [-0.1, -0.05) is 36.9 Å². The van der Waals surface area contributed by atoms with Crippen molar-refractivity contribution < 1.29 is 9.59 Å². The molecular weight excluding hydrogens is 190 g/mol. The first-order valence-corrected chi connectivity index (χ1v) is 4.52. The quantitative estimate of drug-likeness (QED) is 0.582. The van der Waals surface area contributed by atoms with Crippen LogP contribution in [-0.4, -0.2) is 11.8 Å². The molecule has 0 unspecified atom stereocenters. The number of rotatable bonds is 2. The van der Waals surface area contributed by atoms with Crippen molar-refractivity contribution in [3.63, 3.8) is 0 Å². The lowest BCUT2D eigenvalue weighted by atomic mass is 10.0. The topological polar surface area (TPSA) is 46.2 Å². The molecule has 0 bridgehead atoms. The summed E-state index contributed by atoms with van der Waals surface area (Å²) in [5.41, 5.74) is 1.61. The van der Waals surface area contributed by atoms with Crippen molar-refractivity contribution >= 4 is 17.9 Å². The minimum absolute atomic E-state index is 0.330. The molecule has 3 nitrogen and oxygen atoms in total. The van der Waals surface area contributed by atoms with Gasteiger partial charge in [-0.05, 0) is 11.6 Å². The number of carbonyl (C=O) groups excluding carboxylic acids is 2. The van der Waals surface area contributed by atoms with Gasteiger partial charge in [0.2, 0.25) is 0 Å². The van der Waals surface area contributed by atoms with Gasteiger partial charge in [-0.2, -0.15) is 0 Å². The van der Waals surface area contributed by atoms with E-state index >= 15 is 0 Å². The van der Waals surface area contributed by atoms with Crippen LogP contribution in [0, 0.1) is 0 Å². The van der Waals surface area contributed by atoms with E-state index < -0.39 is 0 Å². The summed E-state index contributed by atoms with van der Waals surface area (Å²) in [4.78, 5) is 22.8. The summed E-state index contributed by atoms with van der Waals surface area (Å²) in [5, 5.41) is 2.26. The van der Waals surface area contributed by atoms with Crippen LogP contribution < -0.4 is 5.32 Å². The molecule has 1 aliphatic rings. The smallest absolute Gasteiger partial charge is 0.259 e. The summed E-state index contributed by atoms with van der Waals surface area (Å²) in [6, 6.07) is 5.18. The summed E-state index contributed by atoms with van der Waals surface area (Å²) in [7, 11) is 0. The van der Waals surface area contributed by atoms with Crippen molar-refractivity contribution in [2.75, 3.05) is 0 Å². The molecule has 0 atom stereocenters. The van der Waals surface area contributed by atoms with Gasteiger partial charge in [-0.15, -0.1) is 0 Å². The van der Waals surface area contributed by atoms with Gasteiger partial charge >= 0.3 is 0 Å². The van der Waals surface area contributed by atoms with Gasteiger partial charge in [-0.25, -0.2) is 0 Å². The largest absolute Gasteiger partial charge is 0.288 e. The number of nitrogens with one attached hydrogen (secondary N) is 1. The van der Waals surface area contributed by atoms with Crippen LogP contribution in [0.1, 0.15) is 26.3 Å². The number of imide groups is 1. The summed E-state index contributed by atoms with van der Waals surface area (Å²) in [6.07, 6.45) is 5.10. The van der Waals surface area contributed by atoms with Crippen LogP contribution in [0.2, 0.25) is 0 Å². The van der Waals surface area contributed by atoms with Crippen LogP contribution >= 0.6 is 0 Å². The van der Waals surface area contributed by atoms with Crippen molar-refractivity contribution in [3.05, 3.63) is 53.6 Å². The summed E-state index contributed by atoms with van der Waals surface area (Å²) < 4.78 is 0. The fraction of sp³-hybridized carbons (Fsp3) is 0. The van der Waals surface area contributed by atoms with E-state index in [-0.39, 0.29) is 11.8 Å². The fourth-order valence-corrected chi connectivity index (χ4v) is 1.56. The van der Waals surface area contributed by atoms with Crippen LogP contribution in [0.25, 0.3) is 6.08 Å². The predicted molar refractivity (Wildman–Crippen MR) is 57.5 cm³/mol. The van der Waals surface area contributed by atoms with E-state index in [4.69, 9.17) is 0 Å². The third kappa shape index (κ3) is 1.48. The number of allylic oxidation sites excluding steroid dienone is 2. The predicted octanol–water partition coefficient (Wildman–Crippen LogP) is 1.77. The molecule has 0 saturated heterocycles. The Kier molecular flexibility index (Phi) is 2.21. The third-order valence-electron chi connectivity index (χ3n) is 2.21. The number of amides is 2. The molecule has 1 heterocycles. The molecule has 1 N–H and O–H groups in total. The Morgan fingerprint density at radius 3 is 2.73 bits per heavy atom. The van der Waals surface area contributed by atoms with Gasteiger partial charge in [0.1, 0.15) is 0 Å². The Balaban J connectivity index is 2.60. The van der Waals surface area contributed by atoms with E-state index in [1.165, 1.54) is 0 Å². The molecule has 1 aromatic rings. The molecule has 2 rings (SSSR count). The van der Waals surface area contributed by atoms with Crippen molar-refractivity contribution in [2.45, 2.75) is 0 Å². The monoisotopic (exact) mass is 199 g/mol. The number of hydrogen-bond acceptors (Lipinski definition) is 2. The van der Waals surface area contributed by atoms with E-state index in [2.05, 4.69) is 11.9 Å². The number of carbonyl (C=O) groups is 2. The lowest BCUT2D eigenvalue weighted by molar-refractivity contribution is 0.0879. The Morgan fingerprint density at radius 2 is 2.00 bits per heavy atom. The van der Waals surface area contributed by atoms with Gasteiger partial charge in [-0.3, -0.25) is 14.9 Å². The zero-order valence-corrected chi connectivity index (χ0v) is 7.99. The fourth-order valence-electron chi connectivity index (χ4n) is 1.56. The van der Waals surface area contributed by atoms with Crippen molar-refractivity contribution in [1.29, 1.82) is 0 Å². The maximum absolute atomic E-state index is 11.5. The first-order valence-electron chi connectivity index (χ1n) is 4.52. The Bertz CT molecular complexity index is 486. The highest BCUT2D eigenvalue weighted by atomic mass is 16.2. The van der Waals surface area contributed by atoms with Gasteiger partial charge in [0.25, 0.3) is 11.8 Å². The van der Waals surface area contributed by atoms with Crippen molar-refractivity contribution in [2.24, 2.45) is 0 Å². The maximum Gasteiger partial charge on any atom is 0.259 e. The van der Waals surface area contributed by atoms with E-state index in [0.29, 0.717) is 11.1 Å². The molecular formula is C12H9NO2. The van der Waals surface area contributed by atoms with Crippen molar-refractivity contribution in [1.82, 2.24) is 5.32 Å². The molecule has 0 aromatic heterocycles. The van der Waals surface area contributed by atoms with Crippen LogP contribution in [0.4, 0.5) is 0 Å². The van der Waals surface area contributed by atoms with Gasteiger partial charge in [0.15, 0.2) is 0 Å². The third-order valence-corrected chi connectivity index (χ3v) is 2.21. The Morgan fingerprint density at radius 1 is 1.20 bits per heavy atom. The molecule has 1 aromatic carbocycles. The summed E-state index contributed by atoms with van der Waals surface area (Å²) in [6.45, 7) is 3.55. The van der Waals surface area contributed by atoms with E-state index in [1.807, 2.05) is 0 Å². The molecule has 15 heavy (non-hydrogen) atoms. The lowest BCUT2D eigenvalue weighted by Gasteiger charge is -1.98. The molecule has 1 aliphatic heterocycles. The normalized spacial score (nSPS) is 14.1. The molecule has 3 heteroatoms. The Hall–Kier alpha value is -2.16. The van der Waals surface area contributed by atoms with Gasteiger partial charge in [0.05, 0.1) is 11.1 Å². The number of hydrogen-bond donors (Lipinski definition) is 1. The second-order valence-corrected chi connectivity index (χ2v) is 3.15. The number of benzene rings is 1. The highest BCUT2D eigenvalue weighted by molar-refractivity contribution is 6.22. The first kappa shape index (κ1) is 9.40. The molecule has 0 aliphatic carbocycles. The van der Waals surface area contributed by atoms with Crippen LogP contribution in [0.15, 0.2) is 36.9 Å². The molecule has 2 amide bonds. The second kappa shape index (κ2) is 3.53. The average molecular weight is 199 g/mol. The molecule has 0 fully saturated rings. The molecule has 0 radical (unpaired) electrons. The van der Waals surface area contributed by atoms with Crippen LogP contribution in [0.3, 0.4) is 0 Å². The highest BCUT2D eigenvalue weighted by Gasteiger charge is 2.27. The zero-order valence-electron chi connectivity index (χ0n) is 7.99. The minimum Gasteiger partial charge on any atom is -0.288 e. The van der Waals surface area contributed by atoms with E-state index in [9.17, 15) is 9.59 Å². The van der Waals surface area contributed by atoms with E-state index in [0.717, 1.165) is 5.56 Å². The summed E-state index contributed by atoms with van der Waals surface area (Å²) >= 11 is 0. The molecule has 0 spiro atoms. The van der Waals surface area contributed by atoms with Gasteiger partial charge < -0.3 is 0 Å². The molecule has 74 valence electrons. The standard InChI is InChI=1S/C12H9NO2/c1-2-3-5-8-6-4-7-9-10(8)12(15)13-11(9)14/h2-7H,1H2,(H,13,14,15). The zero-order chi connectivity index (χ0) is 10.8. The second-order valence-electron chi connectivity index (χ2n) is 3.15. The van der Waals surface area contributed by atoms with Crippen molar-refractivity contribution in [3.8, 4) is 0 Å². The summed E-state index contributed by atoms with van der Waals surface area (Å²) in [5.74, 6) is -0.664. The SMILES string of the molecule is C=CC=Cc1cccc2c1C(=O)NC2=O. The molecule has 0 saturated carbocycles.